The normalized spacial score (nSPS) is 11.3. The number of nitrogens with zero attached hydrogens (tertiary/aromatic N) is 1. The highest BCUT2D eigenvalue weighted by Gasteiger charge is 2.04. The van der Waals surface area contributed by atoms with Crippen LogP contribution in [0.25, 0.3) is 0 Å². The zero-order chi connectivity index (χ0) is 11.5. The van der Waals surface area contributed by atoms with Crippen LogP contribution >= 0.6 is 0 Å². The van der Waals surface area contributed by atoms with E-state index in [0.29, 0.717) is 11.5 Å². The molecule has 0 aliphatic rings. The summed E-state index contributed by atoms with van der Waals surface area (Å²) in [6.07, 6.45) is 1.65. The molecule has 0 atom stereocenters. The van der Waals surface area contributed by atoms with Crippen LogP contribution in [0, 0.1) is 6.92 Å². The summed E-state index contributed by atoms with van der Waals surface area (Å²) in [7, 11) is -3.45. The van der Waals surface area contributed by atoms with Crippen LogP contribution in [-0.2, 0) is 10.0 Å². The fourth-order valence-corrected chi connectivity index (χ4v) is 1.44. The van der Waals surface area contributed by atoms with Gasteiger partial charge in [0.25, 0.3) is 0 Å². The number of hydrogen-bond acceptors (Lipinski definition) is 5. The van der Waals surface area contributed by atoms with E-state index in [-0.39, 0.29) is 12.3 Å². The van der Waals surface area contributed by atoms with Gasteiger partial charge in [0.2, 0.25) is 10.0 Å². The van der Waals surface area contributed by atoms with E-state index >= 15 is 0 Å². The standard InChI is InChI=1S/C8H14N4O2S/c1-6-4-7(9)8(12-5-6)11-2-3-15(10,13)14/h4-5H,2-3,9H2,1H3,(H,11,12)(H2,10,13,14). The summed E-state index contributed by atoms with van der Waals surface area (Å²) >= 11 is 0. The van der Waals surface area contributed by atoms with E-state index in [2.05, 4.69) is 10.3 Å². The number of primary sulfonamides is 1. The van der Waals surface area contributed by atoms with Crippen molar-refractivity contribution in [1.82, 2.24) is 4.98 Å². The van der Waals surface area contributed by atoms with E-state index in [4.69, 9.17) is 10.9 Å². The Balaban J connectivity index is 2.59. The van der Waals surface area contributed by atoms with Crippen molar-refractivity contribution in [3.8, 4) is 0 Å². The van der Waals surface area contributed by atoms with Crippen molar-refractivity contribution in [2.24, 2.45) is 5.14 Å². The molecule has 84 valence electrons. The van der Waals surface area contributed by atoms with Gasteiger partial charge in [0, 0.05) is 12.7 Å². The lowest BCUT2D eigenvalue weighted by atomic mass is 10.3. The third-order valence-electron chi connectivity index (χ3n) is 1.73. The molecule has 0 fully saturated rings. The van der Waals surface area contributed by atoms with E-state index in [9.17, 15) is 8.42 Å². The van der Waals surface area contributed by atoms with E-state index in [1.165, 1.54) is 0 Å². The lowest BCUT2D eigenvalue weighted by Gasteiger charge is -2.07. The molecule has 1 aromatic rings. The maximum absolute atomic E-state index is 10.6. The van der Waals surface area contributed by atoms with Crippen LogP contribution in [0.3, 0.4) is 0 Å². The number of nitrogen functional groups attached to an aromatic ring is 1. The minimum atomic E-state index is -3.45. The molecule has 0 amide bonds. The molecule has 0 aromatic carbocycles. The van der Waals surface area contributed by atoms with Crippen molar-refractivity contribution >= 4 is 21.5 Å². The van der Waals surface area contributed by atoms with E-state index in [0.717, 1.165) is 5.56 Å². The Bertz CT molecular complexity index is 444. The zero-order valence-electron chi connectivity index (χ0n) is 8.40. The molecule has 0 spiro atoms. The summed E-state index contributed by atoms with van der Waals surface area (Å²) in [5.74, 6) is 0.325. The van der Waals surface area contributed by atoms with Crippen LogP contribution in [0.1, 0.15) is 5.56 Å². The van der Waals surface area contributed by atoms with Crippen molar-refractivity contribution < 1.29 is 8.42 Å². The maximum Gasteiger partial charge on any atom is 0.210 e. The molecule has 5 N–H and O–H groups in total. The molecule has 0 aliphatic carbocycles. The molecular formula is C8H14N4O2S. The molecule has 15 heavy (non-hydrogen) atoms. The average molecular weight is 230 g/mol. The summed E-state index contributed by atoms with van der Waals surface area (Å²) in [5.41, 5.74) is 7.10. The van der Waals surface area contributed by atoms with Crippen molar-refractivity contribution in [1.29, 1.82) is 0 Å². The number of sulfonamides is 1. The Morgan fingerprint density at radius 3 is 2.73 bits per heavy atom. The first kappa shape index (κ1) is 11.7. The molecule has 0 radical (unpaired) electrons. The minimum Gasteiger partial charge on any atom is -0.396 e. The Hall–Kier alpha value is -1.34. The SMILES string of the molecule is Cc1cnc(NCCS(N)(=O)=O)c(N)c1. The summed E-state index contributed by atoms with van der Waals surface area (Å²) in [6.45, 7) is 2.07. The number of hydrogen-bond donors (Lipinski definition) is 3. The van der Waals surface area contributed by atoms with Gasteiger partial charge in [0.1, 0.15) is 5.82 Å². The van der Waals surface area contributed by atoms with Gasteiger partial charge in [0.15, 0.2) is 0 Å². The number of nitrogens with one attached hydrogen (secondary N) is 1. The lowest BCUT2D eigenvalue weighted by Crippen LogP contribution is -2.22. The highest BCUT2D eigenvalue weighted by molar-refractivity contribution is 7.89. The zero-order valence-corrected chi connectivity index (χ0v) is 9.21. The van der Waals surface area contributed by atoms with Gasteiger partial charge in [-0.25, -0.2) is 18.5 Å². The topological polar surface area (TPSA) is 111 Å². The van der Waals surface area contributed by atoms with E-state index in [1.807, 2.05) is 6.92 Å². The third kappa shape index (κ3) is 4.13. The number of nitrogens with two attached hydrogens (primary N) is 2. The molecule has 0 saturated carbocycles. The van der Waals surface area contributed by atoms with Gasteiger partial charge in [-0.3, -0.25) is 0 Å². The molecule has 6 nitrogen and oxygen atoms in total. The second kappa shape index (κ2) is 4.45. The molecule has 0 bridgehead atoms. The summed E-state index contributed by atoms with van der Waals surface area (Å²) in [6, 6.07) is 1.76. The molecule has 0 saturated heterocycles. The molecule has 0 aliphatic heterocycles. The monoisotopic (exact) mass is 230 g/mol. The van der Waals surface area contributed by atoms with Gasteiger partial charge in [0.05, 0.1) is 11.4 Å². The number of anilines is 2. The van der Waals surface area contributed by atoms with Crippen LogP contribution < -0.4 is 16.2 Å². The first-order valence-electron chi connectivity index (χ1n) is 4.35. The van der Waals surface area contributed by atoms with Crippen LogP contribution in [-0.4, -0.2) is 25.7 Å². The Morgan fingerprint density at radius 1 is 1.53 bits per heavy atom. The van der Waals surface area contributed by atoms with Crippen LogP contribution in [0.5, 0.6) is 0 Å². The van der Waals surface area contributed by atoms with Gasteiger partial charge < -0.3 is 11.1 Å². The second-order valence-electron chi connectivity index (χ2n) is 3.24. The van der Waals surface area contributed by atoms with Crippen molar-refractivity contribution in [2.45, 2.75) is 6.92 Å². The van der Waals surface area contributed by atoms with Crippen molar-refractivity contribution in [3.05, 3.63) is 17.8 Å². The maximum atomic E-state index is 10.6. The summed E-state index contributed by atoms with van der Waals surface area (Å²) in [4.78, 5) is 4.03. The largest absolute Gasteiger partial charge is 0.396 e. The van der Waals surface area contributed by atoms with Gasteiger partial charge in [-0.05, 0) is 18.6 Å². The predicted molar refractivity (Wildman–Crippen MR) is 59.9 cm³/mol. The Morgan fingerprint density at radius 2 is 2.20 bits per heavy atom. The van der Waals surface area contributed by atoms with Crippen LogP contribution in [0.15, 0.2) is 12.3 Å². The van der Waals surface area contributed by atoms with Gasteiger partial charge in [-0.15, -0.1) is 0 Å². The van der Waals surface area contributed by atoms with E-state index in [1.54, 1.807) is 12.3 Å². The fraction of sp³-hybridized carbons (Fsp3) is 0.375. The first-order chi connectivity index (χ1) is 6.88. The highest BCUT2D eigenvalue weighted by Crippen LogP contribution is 2.15. The minimum absolute atomic E-state index is 0.151. The summed E-state index contributed by atoms with van der Waals surface area (Å²) in [5, 5.41) is 7.64. The fourth-order valence-electron chi connectivity index (χ4n) is 1.05. The van der Waals surface area contributed by atoms with Crippen LogP contribution in [0.4, 0.5) is 11.5 Å². The Labute approximate surface area is 88.7 Å². The first-order valence-corrected chi connectivity index (χ1v) is 6.06. The number of aromatic nitrogens is 1. The second-order valence-corrected chi connectivity index (χ2v) is 4.98. The molecule has 1 aromatic heterocycles. The van der Waals surface area contributed by atoms with E-state index < -0.39 is 10.0 Å². The smallest absolute Gasteiger partial charge is 0.210 e. The van der Waals surface area contributed by atoms with Gasteiger partial charge in [-0.2, -0.15) is 0 Å². The third-order valence-corrected chi connectivity index (χ3v) is 2.51. The molecule has 1 heterocycles. The van der Waals surface area contributed by atoms with Crippen molar-refractivity contribution in [3.63, 3.8) is 0 Å². The van der Waals surface area contributed by atoms with Gasteiger partial charge >= 0.3 is 0 Å². The average Bonchev–Trinajstić information content (AvgIpc) is 2.07. The molecule has 1 rings (SSSR count). The Kier molecular flexibility index (Phi) is 3.48. The molecule has 0 unspecified atom stereocenters. The predicted octanol–water partition coefficient (Wildman–Crippen LogP) is -0.327. The van der Waals surface area contributed by atoms with Gasteiger partial charge in [-0.1, -0.05) is 0 Å². The number of aryl methyl sites for hydroxylation is 1. The highest BCUT2D eigenvalue weighted by atomic mass is 32.2. The number of rotatable bonds is 4. The molecule has 7 heteroatoms. The summed E-state index contributed by atoms with van der Waals surface area (Å²) < 4.78 is 21.3. The molecular weight excluding hydrogens is 216 g/mol. The van der Waals surface area contributed by atoms with Crippen molar-refractivity contribution in [2.75, 3.05) is 23.3 Å². The lowest BCUT2D eigenvalue weighted by molar-refractivity contribution is 0.598. The van der Waals surface area contributed by atoms with Crippen LogP contribution in [0.2, 0.25) is 0 Å². The number of pyridine rings is 1. The quantitative estimate of drug-likeness (QED) is 0.656.